The molecule has 0 unspecified atom stereocenters. The van der Waals surface area contributed by atoms with Crippen molar-refractivity contribution in [1.82, 2.24) is 0 Å². The molecular weight excluding hydrogens is 376 g/mol. The minimum Gasteiger partial charge on any atom is -0.393 e. The van der Waals surface area contributed by atoms with Crippen molar-refractivity contribution in [3.05, 3.63) is 34.9 Å². The fourth-order valence-corrected chi connectivity index (χ4v) is 7.01. The van der Waals surface area contributed by atoms with E-state index in [1.807, 2.05) is 0 Å². The second-order valence-electron chi connectivity index (χ2n) is 13.1. The number of fused-ring (bicyclic) bond motifs is 1. The molecule has 4 atom stereocenters. The summed E-state index contributed by atoms with van der Waals surface area (Å²) < 4.78 is 0. The van der Waals surface area contributed by atoms with Crippen molar-refractivity contribution < 1.29 is 5.11 Å². The lowest BCUT2D eigenvalue weighted by molar-refractivity contribution is -0.00880. The van der Waals surface area contributed by atoms with Crippen molar-refractivity contribution in [3.63, 3.8) is 0 Å². The van der Waals surface area contributed by atoms with Crippen LogP contribution in [-0.2, 0) is 0 Å². The molecule has 3 aliphatic carbocycles. The Morgan fingerprint density at radius 2 is 1.81 bits per heavy atom. The van der Waals surface area contributed by atoms with E-state index in [0.717, 1.165) is 31.6 Å². The molecule has 0 aromatic heterocycles. The van der Waals surface area contributed by atoms with Crippen LogP contribution in [-0.4, -0.2) is 11.2 Å². The standard InChI is InChI=1S/C30H50O/c1-21(12-14-25-23(3)13-15-27(31)29(25,6)7)10-9-11-24-22(2)16-17-30(8)19-18-28(4,5)20-26(24)30/h10,25-27,31H,3,9,11-20H2,1-2,4-8H3/b21-10+/t25-,26-,27+,30+/m1/s1. The Morgan fingerprint density at radius 3 is 2.52 bits per heavy atom. The first-order chi connectivity index (χ1) is 14.4. The first-order valence-corrected chi connectivity index (χ1v) is 13.1. The van der Waals surface area contributed by atoms with Crippen molar-refractivity contribution in [2.45, 2.75) is 125 Å². The van der Waals surface area contributed by atoms with Gasteiger partial charge in [-0.05, 0) is 113 Å². The maximum absolute atomic E-state index is 10.5. The van der Waals surface area contributed by atoms with E-state index in [1.165, 1.54) is 56.1 Å². The van der Waals surface area contributed by atoms with Crippen molar-refractivity contribution in [2.75, 3.05) is 0 Å². The minimum absolute atomic E-state index is 0.0438. The molecule has 1 N–H and O–H groups in total. The summed E-state index contributed by atoms with van der Waals surface area (Å²) in [7, 11) is 0. The van der Waals surface area contributed by atoms with E-state index in [1.54, 1.807) is 11.1 Å². The third-order valence-corrected chi connectivity index (χ3v) is 9.73. The molecule has 1 heteroatoms. The van der Waals surface area contributed by atoms with Gasteiger partial charge in [0.1, 0.15) is 0 Å². The van der Waals surface area contributed by atoms with Crippen LogP contribution in [0.1, 0.15) is 119 Å². The first kappa shape index (κ1) is 24.8. The normalized spacial score (nSPS) is 35.8. The Balaban J connectivity index is 1.59. The van der Waals surface area contributed by atoms with Gasteiger partial charge in [0.05, 0.1) is 6.10 Å². The summed E-state index contributed by atoms with van der Waals surface area (Å²) in [6, 6.07) is 0. The van der Waals surface area contributed by atoms with Crippen LogP contribution >= 0.6 is 0 Å². The third kappa shape index (κ3) is 5.40. The summed E-state index contributed by atoms with van der Waals surface area (Å²) in [4.78, 5) is 0. The molecule has 0 aliphatic heterocycles. The van der Waals surface area contributed by atoms with Crippen molar-refractivity contribution in [2.24, 2.45) is 28.1 Å². The van der Waals surface area contributed by atoms with E-state index >= 15 is 0 Å². The topological polar surface area (TPSA) is 20.2 Å². The molecule has 0 saturated heterocycles. The van der Waals surface area contributed by atoms with Crippen molar-refractivity contribution in [3.8, 4) is 0 Å². The number of aliphatic hydroxyl groups is 1. The number of rotatable bonds is 6. The van der Waals surface area contributed by atoms with Crippen molar-refractivity contribution in [1.29, 1.82) is 0 Å². The van der Waals surface area contributed by atoms with Crippen LogP contribution in [0.15, 0.2) is 34.9 Å². The molecule has 0 bridgehead atoms. The molecular formula is C30H50O. The Hall–Kier alpha value is -0.820. The van der Waals surface area contributed by atoms with Gasteiger partial charge in [0.25, 0.3) is 0 Å². The lowest BCUT2D eigenvalue weighted by Crippen LogP contribution is -2.41. The van der Waals surface area contributed by atoms with Crippen LogP contribution in [0.2, 0.25) is 0 Å². The Labute approximate surface area is 193 Å². The molecule has 1 nitrogen and oxygen atoms in total. The van der Waals surface area contributed by atoms with Crippen LogP contribution < -0.4 is 0 Å². The molecule has 3 rings (SSSR count). The number of aliphatic hydroxyl groups excluding tert-OH is 1. The van der Waals surface area contributed by atoms with Crippen LogP contribution in [0, 0.1) is 28.1 Å². The second kappa shape index (κ2) is 9.20. The molecule has 0 aromatic rings. The smallest absolute Gasteiger partial charge is 0.0599 e. The zero-order valence-corrected chi connectivity index (χ0v) is 21.7. The van der Waals surface area contributed by atoms with Gasteiger partial charge in [0.2, 0.25) is 0 Å². The number of hydrogen-bond donors (Lipinski definition) is 1. The fraction of sp³-hybridized carbons (Fsp3) is 0.800. The summed E-state index contributed by atoms with van der Waals surface area (Å²) in [6.45, 7) is 21.1. The van der Waals surface area contributed by atoms with E-state index in [0.29, 0.717) is 16.7 Å². The molecule has 31 heavy (non-hydrogen) atoms. The average Bonchev–Trinajstić information content (AvgIpc) is 2.68. The highest BCUT2D eigenvalue weighted by Gasteiger charge is 2.46. The number of hydrogen-bond acceptors (Lipinski definition) is 1. The average molecular weight is 427 g/mol. The molecule has 0 heterocycles. The van der Waals surface area contributed by atoms with E-state index in [4.69, 9.17) is 0 Å². The van der Waals surface area contributed by atoms with Gasteiger partial charge in [-0.15, -0.1) is 0 Å². The molecule has 2 saturated carbocycles. The van der Waals surface area contributed by atoms with Gasteiger partial charge >= 0.3 is 0 Å². The molecule has 3 aliphatic rings. The van der Waals surface area contributed by atoms with Crippen LogP contribution in [0.25, 0.3) is 0 Å². The SMILES string of the molecule is C=C1CC[C@H](O)C(C)(C)[C@@H]1CC/C(C)=C/CCC1=C(C)CC[C@@]2(C)CCC(C)(C)C[C@H]12. The largest absolute Gasteiger partial charge is 0.393 e. The lowest BCUT2D eigenvalue weighted by atomic mass is 9.53. The van der Waals surface area contributed by atoms with Gasteiger partial charge in [-0.25, -0.2) is 0 Å². The van der Waals surface area contributed by atoms with Gasteiger partial charge in [-0.3, -0.25) is 0 Å². The maximum atomic E-state index is 10.5. The Bertz CT molecular complexity index is 734. The quantitative estimate of drug-likeness (QED) is 0.421. The maximum Gasteiger partial charge on any atom is 0.0599 e. The number of allylic oxidation sites excluding steroid dienone is 5. The molecule has 0 radical (unpaired) electrons. The molecule has 2 fully saturated rings. The zero-order valence-electron chi connectivity index (χ0n) is 21.7. The second-order valence-corrected chi connectivity index (χ2v) is 13.1. The molecule has 176 valence electrons. The summed E-state index contributed by atoms with van der Waals surface area (Å²) >= 11 is 0. The van der Waals surface area contributed by atoms with Crippen molar-refractivity contribution >= 4 is 0 Å². The highest BCUT2D eigenvalue weighted by atomic mass is 16.3. The van der Waals surface area contributed by atoms with E-state index in [2.05, 4.69) is 61.1 Å². The monoisotopic (exact) mass is 426 g/mol. The van der Waals surface area contributed by atoms with Crippen LogP contribution in [0.3, 0.4) is 0 Å². The molecule has 0 aromatic carbocycles. The fourth-order valence-electron chi connectivity index (χ4n) is 7.01. The Kier molecular flexibility index (Phi) is 7.37. The highest BCUT2D eigenvalue weighted by molar-refractivity contribution is 5.25. The molecule has 0 amide bonds. The van der Waals surface area contributed by atoms with Gasteiger partial charge < -0.3 is 5.11 Å². The summed E-state index contributed by atoms with van der Waals surface area (Å²) in [5.41, 5.74) is 7.36. The predicted molar refractivity (Wildman–Crippen MR) is 135 cm³/mol. The first-order valence-electron chi connectivity index (χ1n) is 13.1. The molecule has 0 spiro atoms. The van der Waals surface area contributed by atoms with Crippen LogP contribution in [0.4, 0.5) is 0 Å². The van der Waals surface area contributed by atoms with E-state index in [-0.39, 0.29) is 11.5 Å². The zero-order chi connectivity index (χ0) is 23.0. The summed E-state index contributed by atoms with van der Waals surface area (Å²) in [6.07, 6.45) is 15.8. The van der Waals surface area contributed by atoms with Gasteiger partial charge in [-0.2, -0.15) is 0 Å². The third-order valence-electron chi connectivity index (χ3n) is 9.73. The predicted octanol–water partition coefficient (Wildman–Crippen LogP) is 8.79. The van der Waals surface area contributed by atoms with Gasteiger partial charge in [0, 0.05) is 0 Å². The van der Waals surface area contributed by atoms with Gasteiger partial charge in [-0.1, -0.05) is 69.6 Å². The van der Waals surface area contributed by atoms with Gasteiger partial charge in [0.15, 0.2) is 0 Å². The summed E-state index contributed by atoms with van der Waals surface area (Å²) in [5.74, 6) is 1.24. The van der Waals surface area contributed by atoms with E-state index in [9.17, 15) is 5.11 Å². The van der Waals surface area contributed by atoms with E-state index < -0.39 is 0 Å². The minimum atomic E-state index is -0.192. The Morgan fingerprint density at radius 1 is 1.10 bits per heavy atom. The lowest BCUT2D eigenvalue weighted by Gasteiger charge is -2.52. The highest BCUT2D eigenvalue weighted by Crippen LogP contribution is 2.57. The van der Waals surface area contributed by atoms with Crippen LogP contribution in [0.5, 0.6) is 0 Å². The summed E-state index contributed by atoms with van der Waals surface area (Å²) in [5, 5.41) is 10.5.